The van der Waals surface area contributed by atoms with Gasteiger partial charge in [-0.05, 0) is 25.0 Å². The second-order valence-electron chi connectivity index (χ2n) is 3.16. The summed E-state index contributed by atoms with van der Waals surface area (Å²) in [5, 5.41) is 0. The summed E-state index contributed by atoms with van der Waals surface area (Å²) in [6.07, 6.45) is 3.52. The zero-order chi connectivity index (χ0) is 10.4. The van der Waals surface area contributed by atoms with Gasteiger partial charge in [0.25, 0.3) is 0 Å². The standard InChI is InChI=1S/C11H15NO2/c1-3-4-8-14-11(13)10-9(2)6-5-7-12-10/h5-7H,3-4,8H2,1-2H3. The average Bonchev–Trinajstić information content (AvgIpc) is 2.18. The summed E-state index contributed by atoms with van der Waals surface area (Å²) in [4.78, 5) is 15.4. The summed E-state index contributed by atoms with van der Waals surface area (Å²) in [7, 11) is 0. The molecule has 0 amide bonds. The van der Waals surface area contributed by atoms with Crippen molar-refractivity contribution in [2.75, 3.05) is 6.61 Å². The maximum Gasteiger partial charge on any atom is 0.357 e. The fourth-order valence-electron chi connectivity index (χ4n) is 1.08. The number of pyridine rings is 1. The predicted octanol–water partition coefficient (Wildman–Crippen LogP) is 2.35. The van der Waals surface area contributed by atoms with Crippen LogP contribution in [0.2, 0.25) is 0 Å². The second-order valence-corrected chi connectivity index (χ2v) is 3.16. The number of carbonyl (C=O) groups excluding carboxylic acids is 1. The Morgan fingerprint density at radius 1 is 1.57 bits per heavy atom. The van der Waals surface area contributed by atoms with Crippen molar-refractivity contribution in [2.45, 2.75) is 26.7 Å². The maximum atomic E-state index is 11.5. The van der Waals surface area contributed by atoms with Crippen LogP contribution in [0.25, 0.3) is 0 Å². The minimum absolute atomic E-state index is 0.323. The van der Waals surface area contributed by atoms with Gasteiger partial charge in [0.15, 0.2) is 5.69 Å². The van der Waals surface area contributed by atoms with Crippen molar-refractivity contribution < 1.29 is 9.53 Å². The van der Waals surface area contributed by atoms with Crippen LogP contribution in [-0.2, 0) is 4.74 Å². The molecule has 3 heteroatoms. The number of hydrogen-bond acceptors (Lipinski definition) is 3. The smallest absolute Gasteiger partial charge is 0.357 e. The van der Waals surface area contributed by atoms with Gasteiger partial charge >= 0.3 is 5.97 Å². The van der Waals surface area contributed by atoms with Crippen LogP contribution in [0.4, 0.5) is 0 Å². The SMILES string of the molecule is CCCCOC(=O)c1ncccc1C. The Bertz CT molecular complexity index is 310. The molecule has 0 unspecified atom stereocenters. The molecule has 14 heavy (non-hydrogen) atoms. The Balaban J connectivity index is 2.56. The van der Waals surface area contributed by atoms with Gasteiger partial charge in [0.2, 0.25) is 0 Å². The highest BCUT2D eigenvalue weighted by Crippen LogP contribution is 2.05. The number of carbonyl (C=O) groups is 1. The molecule has 0 bridgehead atoms. The molecule has 0 aliphatic rings. The van der Waals surface area contributed by atoms with E-state index < -0.39 is 0 Å². The van der Waals surface area contributed by atoms with E-state index in [1.165, 1.54) is 0 Å². The van der Waals surface area contributed by atoms with Gasteiger partial charge in [-0.15, -0.1) is 0 Å². The van der Waals surface area contributed by atoms with E-state index in [1.54, 1.807) is 12.3 Å². The van der Waals surface area contributed by atoms with E-state index in [-0.39, 0.29) is 5.97 Å². The first-order valence-corrected chi connectivity index (χ1v) is 4.84. The zero-order valence-corrected chi connectivity index (χ0v) is 8.62. The van der Waals surface area contributed by atoms with Gasteiger partial charge in [-0.25, -0.2) is 9.78 Å². The molecule has 1 heterocycles. The highest BCUT2D eigenvalue weighted by molar-refractivity contribution is 5.88. The van der Waals surface area contributed by atoms with Crippen LogP contribution in [0.5, 0.6) is 0 Å². The van der Waals surface area contributed by atoms with Crippen LogP contribution in [-0.4, -0.2) is 17.6 Å². The largest absolute Gasteiger partial charge is 0.461 e. The third-order valence-electron chi connectivity index (χ3n) is 1.93. The van der Waals surface area contributed by atoms with Crippen LogP contribution < -0.4 is 0 Å². The van der Waals surface area contributed by atoms with E-state index in [0.29, 0.717) is 12.3 Å². The molecule has 0 aliphatic heterocycles. The molecule has 0 saturated heterocycles. The first kappa shape index (κ1) is 10.7. The highest BCUT2D eigenvalue weighted by atomic mass is 16.5. The normalized spacial score (nSPS) is 9.86. The Kier molecular flexibility index (Phi) is 4.11. The van der Waals surface area contributed by atoms with Gasteiger partial charge in [0.1, 0.15) is 0 Å². The van der Waals surface area contributed by atoms with Crippen LogP contribution in [0.15, 0.2) is 18.3 Å². The number of hydrogen-bond donors (Lipinski definition) is 0. The van der Waals surface area contributed by atoms with Gasteiger partial charge in [-0.1, -0.05) is 19.4 Å². The Labute approximate surface area is 84.1 Å². The first-order chi connectivity index (χ1) is 6.75. The summed E-state index contributed by atoms with van der Waals surface area (Å²) in [6, 6.07) is 3.65. The van der Waals surface area contributed by atoms with E-state index in [2.05, 4.69) is 11.9 Å². The lowest BCUT2D eigenvalue weighted by Crippen LogP contribution is -2.09. The molecule has 0 saturated carbocycles. The topological polar surface area (TPSA) is 39.2 Å². The molecule has 1 aromatic rings. The summed E-state index contributed by atoms with van der Waals surface area (Å²) < 4.78 is 5.05. The monoisotopic (exact) mass is 193 g/mol. The Morgan fingerprint density at radius 3 is 3.00 bits per heavy atom. The zero-order valence-electron chi connectivity index (χ0n) is 8.62. The van der Waals surface area contributed by atoms with Crippen molar-refractivity contribution in [3.8, 4) is 0 Å². The molecule has 1 aromatic heterocycles. The Hall–Kier alpha value is -1.38. The quantitative estimate of drug-likeness (QED) is 0.544. The van der Waals surface area contributed by atoms with Crippen LogP contribution >= 0.6 is 0 Å². The lowest BCUT2D eigenvalue weighted by atomic mass is 10.2. The van der Waals surface area contributed by atoms with Crippen molar-refractivity contribution >= 4 is 5.97 Å². The van der Waals surface area contributed by atoms with E-state index in [9.17, 15) is 4.79 Å². The molecule has 1 rings (SSSR count). The molecule has 0 N–H and O–H groups in total. The van der Waals surface area contributed by atoms with Crippen LogP contribution in [0.1, 0.15) is 35.8 Å². The molecule has 0 aliphatic carbocycles. The molecule has 3 nitrogen and oxygen atoms in total. The van der Waals surface area contributed by atoms with Gasteiger partial charge in [0, 0.05) is 6.20 Å². The van der Waals surface area contributed by atoms with Crippen molar-refractivity contribution in [1.82, 2.24) is 4.98 Å². The van der Waals surface area contributed by atoms with Gasteiger partial charge in [0.05, 0.1) is 6.61 Å². The average molecular weight is 193 g/mol. The van der Waals surface area contributed by atoms with Crippen molar-refractivity contribution in [3.05, 3.63) is 29.6 Å². The predicted molar refractivity (Wildman–Crippen MR) is 54.2 cm³/mol. The first-order valence-electron chi connectivity index (χ1n) is 4.84. The molecule has 0 spiro atoms. The van der Waals surface area contributed by atoms with E-state index in [4.69, 9.17) is 4.74 Å². The minimum atomic E-state index is -0.323. The Morgan fingerprint density at radius 2 is 2.36 bits per heavy atom. The van der Waals surface area contributed by atoms with Crippen molar-refractivity contribution in [2.24, 2.45) is 0 Å². The highest BCUT2D eigenvalue weighted by Gasteiger charge is 2.10. The third-order valence-corrected chi connectivity index (χ3v) is 1.93. The summed E-state index contributed by atoms with van der Waals surface area (Å²) in [6.45, 7) is 4.38. The number of rotatable bonds is 4. The van der Waals surface area contributed by atoms with Gasteiger partial charge < -0.3 is 4.74 Å². The minimum Gasteiger partial charge on any atom is -0.461 e. The molecular weight excluding hydrogens is 178 g/mol. The lowest BCUT2D eigenvalue weighted by molar-refractivity contribution is 0.0492. The fraction of sp³-hybridized carbons (Fsp3) is 0.455. The van der Waals surface area contributed by atoms with Crippen LogP contribution in [0.3, 0.4) is 0 Å². The third kappa shape index (κ3) is 2.83. The summed E-state index contributed by atoms with van der Waals surface area (Å²) >= 11 is 0. The number of ether oxygens (including phenoxy) is 1. The molecule has 0 aromatic carbocycles. The molecule has 0 atom stereocenters. The molecule has 76 valence electrons. The molecule has 0 radical (unpaired) electrons. The van der Waals surface area contributed by atoms with Gasteiger partial charge in [-0.3, -0.25) is 0 Å². The van der Waals surface area contributed by atoms with E-state index in [0.717, 1.165) is 18.4 Å². The number of aromatic nitrogens is 1. The van der Waals surface area contributed by atoms with Gasteiger partial charge in [-0.2, -0.15) is 0 Å². The van der Waals surface area contributed by atoms with Crippen LogP contribution in [0, 0.1) is 6.92 Å². The number of aryl methyl sites for hydroxylation is 1. The second kappa shape index (κ2) is 5.37. The summed E-state index contributed by atoms with van der Waals surface area (Å²) in [5.41, 5.74) is 1.28. The number of nitrogens with zero attached hydrogens (tertiary/aromatic N) is 1. The number of unbranched alkanes of at least 4 members (excludes halogenated alkanes) is 1. The fourth-order valence-corrected chi connectivity index (χ4v) is 1.08. The molecular formula is C11H15NO2. The lowest BCUT2D eigenvalue weighted by Gasteiger charge is -2.04. The van der Waals surface area contributed by atoms with Crippen molar-refractivity contribution in [3.63, 3.8) is 0 Å². The van der Waals surface area contributed by atoms with E-state index >= 15 is 0 Å². The number of esters is 1. The molecule has 0 fully saturated rings. The van der Waals surface area contributed by atoms with Crippen molar-refractivity contribution in [1.29, 1.82) is 0 Å². The van der Waals surface area contributed by atoms with E-state index in [1.807, 2.05) is 13.0 Å². The summed E-state index contributed by atoms with van der Waals surface area (Å²) in [5.74, 6) is -0.323. The maximum absolute atomic E-state index is 11.5.